The van der Waals surface area contributed by atoms with E-state index in [0.717, 1.165) is 42.1 Å². The van der Waals surface area contributed by atoms with Crippen LogP contribution in [0.3, 0.4) is 0 Å². The van der Waals surface area contributed by atoms with Crippen molar-refractivity contribution in [2.75, 3.05) is 7.11 Å². The van der Waals surface area contributed by atoms with Crippen LogP contribution in [0.5, 0.6) is 11.5 Å². The lowest BCUT2D eigenvalue weighted by atomic mass is 10.1. The van der Waals surface area contributed by atoms with Crippen LogP contribution in [0.2, 0.25) is 0 Å². The number of rotatable bonds is 5. The predicted molar refractivity (Wildman–Crippen MR) is 90.8 cm³/mol. The largest absolute Gasteiger partial charge is 0.496 e. The van der Waals surface area contributed by atoms with E-state index in [2.05, 4.69) is 23.4 Å². The molecule has 0 aliphatic carbocycles. The Bertz CT molecular complexity index is 631. The van der Waals surface area contributed by atoms with Crippen molar-refractivity contribution in [1.82, 2.24) is 9.55 Å². The van der Waals surface area contributed by atoms with Crippen molar-refractivity contribution in [1.29, 1.82) is 0 Å². The number of hydrogen-bond donors (Lipinski definition) is 1. The number of thiol groups is 1. The maximum atomic E-state index is 5.74. The molecule has 2 aromatic rings. The summed E-state index contributed by atoms with van der Waals surface area (Å²) in [5.41, 5.74) is 1.87. The maximum Gasteiger partial charge on any atom is 0.141 e. The summed E-state index contributed by atoms with van der Waals surface area (Å²) in [4.78, 5) is 4.76. The van der Waals surface area contributed by atoms with Gasteiger partial charge in [-0.15, -0.1) is 12.6 Å². The zero-order chi connectivity index (χ0) is 15.5. The Hall–Kier alpha value is -1.62. The molecule has 0 radical (unpaired) electrons. The van der Waals surface area contributed by atoms with Crippen LogP contribution in [0.15, 0.2) is 24.4 Å². The molecule has 22 heavy (non-hydrogen) atoms. The van der Waals surface area contributed by atoms with Crippen LogP contribution in [-0.2, 0) is 13.0 Å². The van der Waals surface area contributed by atoms with E-state index in [1.54, 1.807) is 7.11 Å². The fourth-order valence-electron chi connectivity index (χ4n) is 2.74. The van der Waals surface area contributed by atoms with Gasteiger partial charge in [-0.3, -0.25) is 0 Å². The summed E-state index contributed by atoms with van der Waals surface area (Å²) in [5, 5.41) is 0. The average Bonchev–Trinajstić information content (AvgIpc) is 2.98. The van der Waals surface area contributed by atoms with Gasteiger partial charge < -0.3 is 14.0 Å². The molecule has 1 aliphatic rings. The van der Waals surface area contributed by atoms with Gasteiger partial charge in [-0.05, 0) is 31.4 Å². The van der Waals surface area contributed by atoms with E-state index in [4.69, 9.17) is 14.5 Å². The molecule has 1 unspecified atom stereocenters. The van der Waals surface area contributed by atoms with E-state index in [9.17, 15) is 0 Å². The van der Waals surface area contributed by atoms with Crippen molar-refractivity contribution in [3.63, 3.8) is 0 Å². The van der Waals surface area contributed by atoms with E-state index in [1.165, 1.54) is 18.7 Å². The number of methoxy groups -OCH3 is 1. The summed E-state index contributed by atoms with van der Waals surface area (Å²) in [6.07, 6.45) is 6.48. The van der Waals surface area contributed by atoms with Gasteiger partial charge in [-0.25, -0.2) is 4.98 Å². The molecule has 0 fully saturated rings. The smallest absolute Gasteiger partial charge is 0.141 e. The molecule has 0 saturated carbocycles. The molecule has 1 aromatic heterocycles. The highest BCUT2D eigenvalue weighted by Crippen LogP contribution is 2.34. The molecule has 3 rings (SSSR count). The highest BCUT2D eigenvalue weighted by Gasteiger charge is 2.16. The SMILES string of the molecule is CCC(S)Oc1ccc(-c2cn3c(n2)CCCC3)c(OC)c1. The van der Waals surface area contributed by atoms with Crippen molar-refractivity contribution >= 4 is 12.6 Å². The van der Waals surface area contributed by atoms with Gasteiger partial charge in [0.15, 0.2) is 0 Å². The molecular formula is C17H22N2O2S. The van der Waals surface area contributed by atoms with E-state index in [1.807, 2.05) is 25.1 Å². The maximum absolute atomic E-state index is 5.74. The summed E-state index contributed by atoms with van der Waals surface area (Å²) in [7, 11) is 1.68. The van der Waals surface area contributed by atoms with Gasteiger partial charge in [-0.2, -0.15) is 0 Å². The van der Waals surface area contributed by atoms with Crippen molar-refractivity contribution < 1.29 is 9.47 Å². The quantitative estimate of drug-likeness (QED) is 0.670. The molecule has 1 aliphatic heterocycles. The topological polar surface area (TPSA) is 36.3 Å². The summed E-state index contributed by atoms with van der Waals surface area (Å²) in [5.74, 6) is 2.72. The molecule has 0 bridgehead atoms. The number of ether oxygens (including phenoxy) is 2. The number of fused-ring (bicyclic) bond motifs is 1. The van der Waals surface area contributed by atoms with Crippen molar-refractivity contribution in [2.45, 2.75) is 44.6 Å². The van der Waals surface area contributed by atoms with E-state index in [-0.39, 0.29) is 5.44 Å². The Morgan fingerprint density at radius 3 is 2.95 bits per heavy atom. The zero-order valence-corrected chi connectivity index (χ0v) is 14.0. The summed E-state index contributed by atoms with van der Waals surface area (Å²) >= 11 is 4.37. The molecule has 5 heteroatoms. The van der Waals surface area contributed by atoms with Gasteiger partial charge >= 0.3 is 0 Å². The van der Waals surface area contributed by atoms with Gasteiger partial charge in [0.1, 0.15) is 22.8 Å². The highest BCUT2D eigenvalue weighted by atomic mass is 32.1. The van der Waals surface area contributed by atoms with Crippen molar-refractivity contribution in [3.8, 4) is 22.8 Å². The first-order valence-corrected chi connectivity index (χ1v) is 8.32. The number of aryl methyl sites for hydroxylation is 2. The van der Waals surface area contributed by atoms with Crippen LogP contribution in [-0.4, -0.2) is 22.1 Å². The number of nitrogens with zero attached hydrogens (tertiary/aromatic N) is 2. The number of benzene rings is 1. The first-order chi connectivity index (χ1) is 10.7. The van der Waals surface area contributed by atoms with Crippen LogP contribution in [0.25, 0.3) is 11.3 Å². The van der Waals surface area contributed by atoms with Crippen LogP contribution in [0.4, 0.5) is 0 Å². The third kappa shape index (κ3) is 3.09. The standard InChI is InChI=1S/C17H22N2O2S/c1-3-17(22)21-12-7-8-13(15(10-12)20-2)14-11-19-9-5-4-6-16(19)18-14/h7-8,10-11,17,22H,3-6,9H2,1-2H3. The Labute approximate surface area is 136 Å². The molecule has 1 aromatic carbocycles. The summed E-state index contributed by atoms with van der Waals surface area (Å²) in [6.45, 7) is 3.10. The minimum absolute atomic E-state index is 0.101. The summed E-state index contributed by atoms with van der Waals surface area (Å²) < 4.78 is 13.5. The van der Waals surface area contributed by atoms with E-state index >= 15 is 0 Å². The van der Waals surface area contributed by atoms with Gasteiger partial charge in [0, 0.05) is 30.8 Å². The fourth-order valence-corrected chi connectivity index (χ4v) is 2.86. The second-order valence-electron chi connectivity index (χ2n) is 5.54. The molecule has 1 atom stereocenters. The number of aromatic nitrogens is 2. The molecule has 4 nitrogen and oxygen atoms in total. The Morgan fingerprint density at radius 2 is 2.23 bits per heavy atom. The average molecular weight is 318 g/mol. The fraction of sp³-hybridized carbons (Fsp3) is 0.471. The van der Waals surface area contributed by atoms with Crippen molar-refractivity contribution in [3.05, 3.63) is 30.2 Å². The van der Waals surface area contributed by atoms with Crippen LogP contribution < -0.4 is 9.47 Å². The van der Waals surface area contributed by atoms with E-state index in [0.29, 0.717) is 0 Å². The number of hydrogen-bond acceptors (Lipinski definition) is 4. The second kappa shape index (κ2) is 6.65. The lowest BCUT2D eigenvalue weighted by Gasteiger charge is -2.14. The number of imidazole rings is 1. The van der Waals surface area contributed by atoms with Gasteiger partial charge in [0.2, 0.25) is 0 Å². The van der Waals surface area contributed by atoms with Crippen LogP contribution in [0, 0.1) is 0 Å². The molecular weight excluding hydrogens is 296 g/mol. The minimum atomic E-state index is -0.101. The predicted octanol–water partition coefficient (Wildman–Crippen LogP) is 3.94. The van der Waals surface area contributed by atoms with Crippen molar-refractivity contribution in [2.24, 2.45) is 0 Å². The second-order valence-corrected chi connectivity index (χ2v) is 6.11. The third-order valence-electron chi connectivity index (χ3n) is 3.98. The van der Waals surface area contributed by atoms with Crippen LogP contribution >= 0.6 is 12.6 Å². The lowest BCUT2D eigenvalue weighted by molar-refractivity contribution is 0.284. The summed E-state index contributed by atoms with van der Waals surface area (Å²) in [6, 6.07) is 5.88. The third-order valence-corrected chi connectivity index (χ3v) is 4.45. The minimum Gasteiger partial charge on any atom is -0.496 e. The molecule has 0 amide bonds. The molecule has 118 valence electrons. The Kier molecular flexibility index (Phi) is 4.62. The van der Waals surface area contributed by atoms with Gasteiger partial charge in [0.05, 0.1) is 12.8 Å². The normalized spacial score (nSPS) is 15.2. The van der Waals surface area contributed by atoms with E-state index < -0.39 is 0 Å². The zero-order valence-electron chi connectivity index (χ0n) is 13.1. The molecule has 0 N–H and O–H groups in total. The van der Waals surface area contributed by atoms with Crippen LogP contribution in [0.1, 0.15) is 32.0 Å². The Balaban J connectivity index is 1.91. The monoisotopic (exact) mass is 318 g/mol. The first kappa shape index (κ1) is 15.3. The lowest BCUT2D eigenvalue weighted by Crippen LogP contribution is -2.08. The van der Waals surface area contributed by atoms with Gasteiger partial charge in [0.25, 0.3) is 0 Å². The highest BCUT2D eigenvalue weighted by molar-refractivity contribution is 7.80. The van der Waals surface area contributed by atoms with Gasteiger partial charge in [-0.1, -0.05) is 6.92 Å². The molecule has 0 saturated heterocycles. The molecule has 2 heterocycles. The molecule has 0 spiro atoms. The first-order valence-electron chi connectivity index (χ1n) is 7.80. The Morgan fingerprint density at radius 1 is 1.36 bits per heavy atom.